The van der Waals surface area contributed by atoms with E-state index >= 15 is 0 Å². The van der Waals surface area contributed by atoms with Gasteiger partial charge in [-0.15, -0.1) is 0 Å². The van der Waals surface area contributed by atoms with Gasteiger partial charge in [0.2, 0.25) is 0 Å². The average molecular weight is 225 g/mol. The Morgan fingerprint density at radius 1 is 1.25 bits per heavy atom. The Morgan fingerprint density at radius 3 is 2.69 bits per heavy atom. The minimum atomic E-state index is -0.135. The number of piperazine rings is 1. The molecule has 1 atom stereocenters. The molecule has 2 aliphatic heterocycles. The van der Waals surface area contributed by atoms with Gasteiger partial charge < -0.3 is 10.2 Å². The fraction of sp³-hybridized carbons (Fsp3) is 0.917. The maximum Gasteiger partial charge on any atom is 0.317 e. The van der Waals surface area contributed by atoms with E-state index in [4.69, 9.17) is 0 Å². The van der Waals surface area contributed by atoms with Crippen LogP contribution in [0.5, 0.6) is 0 Å². The van der Waals surface area contributed by atoms with Gasteiger partial charge >= 0.3 is 6.03 Å². The zero-order chi connectivity index (χ0) is 11.8. The third-order valence-corrected chi connectivity index (χ3v) is 3.36. The van der Waals surface area contributed by atoms with Gasteiger partial charge in [-0.2, -0.15) is 0 Å². The molecule has 0 bridgehead atoms. The van der Waals surface area contributed by atoms with Crippen LogP contribution in [0.15, 0.2) is 0 Å². The van der Waals surface area contributed by atoms with Gasteiger partial charge in [-0.05, 0) is 40.2 Å². The zero-order valence-electron chi connectivity index (χ0n) is 10.6. The first-order valence-corrected chi connectivity index (χ1v) is 6.27. The Kier molecular flexibility index (Phi) is 3.10. The lowest BCUT2D eigenvalue weighted by Gasteiger charge is -2.38. The highest BCUT2D eigenvalue weighted by atomic mass is 16.2. The van der Waals surface area contributed by atoms with Crippen molar-refractivity contribution >= 4 is 6.03 Å². The highest BCUT2D eigenvalue weighted by molar-refractivity contribution is 5.75. The van der Waals surface area contributed by atoms with Crippen molar-refractivity contribution in [2.45, 2.75) is 45.2 Å². The summed E-state index contributed by atoms with van der Waals surface area (Å²) in [6.45, 7) is 10.1. The summed E-state index contributed by atoms with van der Waals surface area (Å²) in [6, 6.07) is 0.707. The monoisotopic (exact) mass is 225 g/mol. The van der Waals surface area contributed by atoms with E-state index in [0.29, 0.717) is 6.04 Å². The molecule has 4 heteroatoms. The van der Waals surface area contributed by atoms with Crippen molar-refractivity contribution in [3.8, 4) is 0 Å². The molecule has 2 fully saturated rings. The first-order chi connectivity index (χ1) is 7.46. The Bertz CT molecular complexity index is 272. The average Bonchev–Trinajstić information content (AvgIpc) is 2.61. The molecular weight excluding hydrogens is 202 g/mol. The molecule has 0 aromatic heterocycles. The van der Waals surface area contributed by atoms with E-state index in [1.807, 2.05) is 25.7 Å². The number of fused-ring (bicyclic) bond motifs is 1. The molecule has 2 amide bonds. The van der Waals surface area contributed by atoms with Crippen molar-refractivity contribution in [1.29, 1.82) is 0 Å². The van der Waals surface area contributed by atoms with E-state index < -0.39 is 0 Å². The van der Waals surface area contributed by atoms with Crippen molar-refractivity contribution in [3.05, 3.63) is 0 Å². The Morgan fingerprint density at radius 2 is 2.00 bits per heavy atom. The number of carbonyl (C=O) groups is 1. The van der Waals surface area contributed by atoms with E-state index in [1.54, 1.807) is 0 Å². The number of urea groups is 1. The fourth-order valence-electron chi connectivity index (χ4n) is 2.58. The Balaban J connectivity index is 1.89. The van der Waals surface area contributed by atoms with Gasteiger partial charge in [0.15, 0.2) is 0 Å². The second-order valence-electron chi connectivity index (χ2n) is 5.96. The second kappa shape index (κ2) is 4.24. The van der Waals surface area contributed by atoms with Crippen LogP contribution >= 0.6 is 0 Å². The highest BCUT2D eigenvalue weighted by Crippen LogP contribution is 2.21. The number of hydrogen-bond donors (Lipinski definition) is 1. The van der Waals surface area contributed by atoms with Gasteiger partial charge in [0.25, 0.3) is 0 Å². The van der Waals surface area contributed by atoms with Crippen LogP contribution in [0.2, 0.25) is 0 Å². The smallest absolute Gasteiger partial charge is 0.317 e. The molecule has 1 N–H and O–H groups in total. The van der Waals surface area contributed by atoms with Gasteiger partial charge in [0.1, 0.15) is 0 Å². The summed E-state index contributed by atoms with van der Waals surface area (Å²) in [5, 5.41) is 3.04. The van der Waals surface area contributed by atoms with Crippen molar-refractivity contribution < 1.29 is 4.79 Å². The predicted molar refractivity (Wildman–Crippen MR) is 64.5 cm³/mol. The summed E-state index contributed by atoms with van der Waals surface area (Å²) in [6.07, 6.45) is 2.54. The van der Waals surface area contributed by atoms with Crippen molar-refractivity contribution in [2.24, 2.45) is 0 Å². The number of amides is 2. The van der Waals surface area contributed by atoms with Crippen LogP contribution in [-0.4, -0.2) is 53.6 Å². The van der Waals surface area contributed by atoms with Crippen LogP contribution in [0.25, 0.3) is 0 Å². The van der Waals surface area contributed by atoms with E-state index in [9.17, 15) is 4.79 Å². The topological polar surface area (TPSA) is 35.6 Å². The number of hydrogen-bond acceptors (Lipinski definition) is 2. The van der Waals surface area contributed by atoms with Crippen LogP contribution in [-0.2, 0) is 0 Å². The third kappa shape index (κ3) is 2.67. The van der Waals surface area contributed by atoms with Crippen LogP contribution in [0.1, 0.15) is 33.6 Å². The van der Waals surface area contributed by atoms with Crippen molar-refractivity contribution in [1.82, 2.24) is 15.1 Å². The minimum Gasteiger partial charge on any atom is -0.333 e. The van der Waals surface area contributed by atoms with Crippen LogP contribution in [0, 0.1) is 0 Å². The molecule has 0 aliphatic carbocycles. The Hall–Kier alpha value is -0.770. The minimum absolute atomic E-state index is 0.0963. The molecule has 2 rings (SSSR count). The maximum absolute atomic E-state index is 12.0. The molecule has 2 aliphatic rings. The Labute approximate surface area is 98.0 Å². The SMILES string of the molecule is CC(C)(C)NC(=O)N1CCN2CCCC2C1. The molecule has 0 aromatic carbocycles. The molecule has 2 heterocycles. The quantitative estimate of drug-likeness (QED) is 0.674. The lowest BCUT2D eigenvalue weighted by atomic mass is 10.1. The molecule has 4 nitrogen and oxygen atoms in total. The summed E-state index contributed by atoms with van der Waals surface area (Å²) >= 11 is 0. The molecule has 0 spiro atoms. The zero-order valence-corrected chi connectivity index (χ0v) is 10.6. The van der Waals surface area contributed by atoms with E-state index in [0.717, 1.165) is 19.6 Å². The third-order valence-electron chi connectivity index (χ3n) is 3.36. The molecule has 0 saturated carbocycles. The van der Waals surface area contributed by atoms with Gasteiger partial charge in [0.05, 0.1) is 0 Å². The molecule has 16 heavy (non-hydrogen) atoms. The number of rotatable bonds is 0. The number of nitrogens with one attached hydrogen (secondary N) is 1. The van der Waals surface area contributed by atoms with Crippen LogP contribution in [0.4, 0.5) is 4.79 Å². The molecule has 92 valence electrons. The lowest BCUT2D eigenvalue weighted by molar-refractivity contribution is 0.114. The van der Waals surface area contributed by atoms with E-state index in [-0.39, 0.29) is 11.6 Å². The molecule has 0 radical (unpaired) electrons. The van der Waals surface area contributed by atoms with Gasteiger partial charge in [-0.25, -0.2) is 4.79 Å². The number of nitrogens with zero attached hydrogens (tertiary/aromatic N) is 2. The molecular formula is C12H23N3O. The summed E-state index contributed by atoms with van der Waals surface area (Å²) < 4.78 is 0. The van der Waals surface area contributed by atoms with Crippen LogP contribution < -0.4 is 5.32 Å². The highest BCUT2D eigenvalue weighted by Gasteiger charge is 2.33. The standard InChI is InChI=1S/C12H23N3O/c1-12(2,3)13-11(16)15-8-7-14-6-4-5-10(14)9-15/h10H,4-9H2,1-3H3,(H,13,16). The largest absolute Gasteiger partial charge is 0.333 e. The van der Waals surface area contributed by atoms with Gasteiger partial charge in [-0.3, -0.25) is 4.90 Å². The second-order valence-corrected chi connectivity index (χ2v) is 5.96. The molecule has 1 unspecified atom stereocenters. The normalized spacial score (nSPS) is 26.7. The first-order valence-electron chi connectivity index (χ1n) is 6.27. The molecule has 2 saturated heterocycles. The lowest BCUT2D eigenvalue weighted by Crippen LogP contribution is -2.57. The summed E-state index contributed by atoms with van der Waals surface area (Å²) in [4.78, 5) is 16.5. The summed E-state index contributed by atoms with van der Waals surface area (Å²) in [5.41, 5.74) is -0.135. The number of carbonyl (C=O) groups excluding carboxylic acids is 1. The van der Waals surface area contributed by atoms with E-state index in [2.05, 4.69) is 10.2 Å². The van der Waals surface area contributed by atoms with Gasteiger partial charge in [-0.1, -0.05) is 0 Å². The van der Waals surface area contributed by atoms with Crippen molar-refractivity contribution in [3.63, 3.8) is 0 Å². The predicted octanol–water partition coefficient (Wildman–Crippen LogP) is 1.27. The van der Waals surface area contributed by atoms with Gasteiger partial charge in [0, 0.05) is 31.2 Å². The van der Waals surface area contributed by atoms with Crippen molar-refractivity contribution in [2.75, 3.05) is 26.2 Å². The first kappa shape index (κ1) is 11.7. The van der Waals surface area contributed by atoms with Crippen LogP contribution in [0.3, 0.4) is 0 Å². The summed E-state index contributed by atoms with van der Waals surface area (Å²) in [7, 11) is 0. The summed E-state index contributed by atoms with van der Waals surface area (Å²) in [5.74, 6) is 0. The maximum atomic E-state index is 12.0. The molecule has 0 aromatic rings. The fourth-order valence-corrected chi connectivity index (χ4v) is 2.58. The van der Waals surface area contributed by atoms with E-state index in [1.165, 1.54) is 19.4 Å².